The number of carbonyl (C=O) groups is 2. The van der Waals surface area contributed by atoms with Gasteiger partial charge in [0.1, 0.15) is 34.5 Å². The number of ether oxygens (including phenoxy) is 6. The Hall–Kier alpha value is -4.33. The summed E-state index contributed by atoms with van der Waals surface area (Å²) in [6.07, 6.45) is 15.1. The highest BCUT2D eigenvalue weighted by atomic mass is 29.6. The van der Waals surface area contributed by atoms with Gasteiger partial charge in [-0.15, -0.1) is 0 Å². The van der Waals surface area contributed by atoms with E-state index < -0.39 is 34.2 Å². The van der Waals surface area contributed by atoms with E-state index in [1.54, 1.807) is 87.0 Å². The smallest absolute Gasteiger partial charge is 0.343 e. The number of unbranched alkanes of at least 4 members (excludes halogenated alkanes) is 10. The average Bonchev–Trinajstić information content (AvgIpc) is 3.26. The summed E-state index contributed by atoms with van der Waals surface area (Å²) in [7, 11) is -0.587. The van der Waals surface area contributed by atoms with Gasteiger partial charge in [-0.05, 0) is 110 Å². The zero-order valence-corrected chi connectivity index (χ0v) is 41.3. The van der Waals surface area contributed by atoms with E-state index in [2.05, 4.69) is 39.3 Å². The fraction of sp³-hybridized carbons (Fsp3) is 0.480. The third kappa shape index (κ3) is 16.1. The van der Waals surface area contributed by atoms with Crippen LogP contribution < -0.4 is 28.4 Å². The molecule has 61 heavy (non-hydrogen) atoms. The Morgan fingerprint density at radius 1 is 0.377 bits per heavy atom. The second-order valence-corrected chi connectivity index (χ2v) is 46.9. The highest BCUT2D eigenvalue weighted by Crippen LogP contribution is 2.36. The Morgan fingerprint density at radius 3 is 0.984 bits per heavy atom. The van der Waals surface area contributed by atoms with Gasteiger partial charge in [0.2, 0.25) is 0 Å². The lowest BCUT2D eigenvalue weighted by atomic mass is 10.1. The zero-order valence-electron chi connectivity index (χ0n) is 38.3. The Labute approximate surface area is 369 Å². The van der Waals surface area contributed by atoms with Crippen LogP contribution in [0.15, 0.2) is 97.1 Å². The second-order valence-electron chi connectivity index (χ2n) is 18.0. The minimum absolute atomic E-state index is 0.395. The van der Waals surface area contributed by atoms with E-state index in [4.69, 9.17) is 28.4 Å². The van der Waals surface area contributed by atoms with E-state index in [9.17, 15) is 9.59 Å². The maximum atomic E-state index is 12.5. The highest BCUT2D eigenvalue weighted by Gasteiger charge is 2.50. The van der Waals surface area contributed by atoms with E-state index in [1.807, 2.05) is 24.3 Å². The highest BCUT2D eigenvalue weighted by molar-refractivity contribution is 7.68. The normalized spacial score (nSPS) is 11.8. The molecule has 0 fully saturated rings. The van der Waals surface area contributed by atoms with Crippen LogP contribution in [0.25, 0.3) is 0 Å². The standard InChI is InChI=1S/C50H72O8Si3/c1-53-43-29-33-47(34-30-43)57-49(51)41-21-25-45(26-22-41)55-37-17-13-9-11-15-19-39-59(3,4)61(7,8)60(5,6)40-20-16-12-10-14-18-38-56-46-27-23-42(24-28-46)50(52)58-48-35-31-44(54-2)32-36-48/h21-36H,9-20,37-40H2,1-8H3. The van der Waals surface area contributed by atoms with Crippen molar-refractivity contribution >= 4 is 34.2 Å². The number of esters is 2. The summed E-state index contributed by atoms with van der Waals surface area (Å²) in [5.74, 6) is 3.15. The van der Waals surface area contributed by atoms with E-state index in [0.717, 1.165) is 24.3 Å². The van der Waals surface area contributed by atoms with Gasteiger partial charge in [-0.3, -0.25) is 0 Å². The van der Waals surface area contributed by atoms with Crippen LogP contribution in [0.3, 0.4) is 0 Å². The lowest BCUT2D eigenvalue weighted by Gasteiger charge is -2.49. The Kier molecular flexibility index (Phi) is 20.2. The number of methoxy groups -OCH3 is 2. The predicted octanol–water partition coefficient (Wildman–Crippen LogP) is 13.6. The van der Waals surface area contributed by atoms with Gasteiger partial charge in [0.05, 0.1) is 38.6 Å². The average molecular weight is 885 g/mol. The van der Waals surface area contributed by atoms with Crippen LogP contribution in [0.5, 0.6) is 34.5 Å². The second kappa shape index (κ2) is 24.9. The molecule has 0 spiro atoms. The molecule has 4 rings (SSSR count). The van der Waals surface area contributed by atoms with Gasteiger partial charge in [-0.25, -0.2) is 9.59 Å². The van der Waals surface area contributed by atoms with Crippen molar-refractivity contribution in [1.82, 2.24) is 0 Å². The van der Waals surface area contributed by atoms with Gasteiger partial charge in [0.15, 0.2) is 0 Å². The van der Waals surface area contributed by atoms with Crippen molar-refractivity contribution in [2.45, 2.75) is 128 Å². The van der Waals surface area contributed by atoms with Gasteiger partial charge in [-0.1, -0.05) is 116 Å². The lowest BCUT2D eigenvalue weighted by Crippen LogP contribution is -2.69. The zero-order chi connectivity index (χ0) is 44.1. The maximum Gasteiger partial charge on any atom is 0.343 e. The third-order valence-corrected chi connectivity index (χ3v) is 57.0. The number of rotatable bonds is 28. The Balaban J connectivity index is 0.998. The minimum atomic E-state index is -1.27. The van der Waals surface area contributed by atoms with Crippen LogP contribution in [0.4, 0.5) is 0 Å². The molecule has 0 bridgehead atoms. The van der Waals surface area contributed by atoms with Gasteiger partial charge < -0.3 is 28.4 Å². The number of hydrogen-bond acceptors (Lipinski definition) is 8. The molecular formula is C50H72O8Si3. The molecule has 0 unspecified atom stereocenters. The first-order valence-electron chi connectivity index (χ1n) is 22.4. The molecule has 8 nitrogen and oxygen atoms in total. The first-order valence-corrected chi connectivity index (χ1v) is 33.8. The molecule has 0 amide bonds. The largest absolute Gasteiger partial charge is 0.497 e. The van der Waals surface area contributed by atoms with E-state index >= 15 is 0 Å². The topological polar surface area (TPSA) is 89.5 Å². The molecule has 332 valence electrons. The van der Waals surface area contributed by atoms with Crippen LogP contribution in [0, 0.1) is 0 Å². The van der Waals surface area contributed by atoms with Crippen molar-refractivity contribution in [3.05, 3.63) is 108 Å². The summed E-state index contributed by atoms with van der Waals surface area (Å²) in [6, 6.07) is 31.2. The van der Waals surface area contributed by atoms with Crippen LogP contribution >= 0.6 is 0 Å². The van der Waals surface area contributed by atoms with Crippen molar-refractivity contribution in [3.63, 3.8) is 0 Å². The molecule has 0 N–H and O–H groups in total. The van der Waals surface area contributed by atoms with Crippen molar-refractivity contribution in [2.24, 2.45) is 0 Å². The van der Waals surface area contributed by atoms with E-state index in [1.165, 1.54) is 76.3 Å². The summed E-state index contributed by atoms with van der Waals surface area (Å²) in [5, 5.41) is 0. The van der Waals surface area contributed by atoms with Crippen LogP contribution in [-0.2, 0) is 0 Å². The molecular weight excluding hydrogens is 813 g/mol. The fourth-order valence-corrected chi connectivity index (χ4v) is 42.1. The summed E-state index contributed by atoms with van der Waals surface area (Å²) < 4.78 is 33.1. The number of benzene rings is 4. The number of carbonyl (C=O) groups excluding carboxylic acids is 2. The van der Waals surface area contributed by atoms with E-state index in [0.29, 0.717) is 47.3 Å². The summed E-state index contributed by atoms with van der Waals surface area (Å²) in [6.45, 7) is 17.8. The Bertz CT molecular complexity index is 1740. The Morgan fingerprint density at radius 2 is 0.656 bits per heavy atom. The molecule has 4 aromatic carbocycles. The quantitative estimate of drug-likeness (QED) is 0.0241. The monoisotopic (exact) mass is 884 g/mol. The first-order chi connectivity index (χ1) is 29.2. The van der Waals surface area contributed by atoms with Crippen molar-refractivity contribution in [2.75, 3.05) is 27.4 Å². The molecule has 0 saturated carbocycles. The molecule has 0 saturated heterocycles. The van der Waals surface area contributed by atoms with E-state index in [-0.39, 0.29) is 0 Å². The molecule has 0 aliphatic heterocycles. The molecule has 4 aromatic rings. The molecule has 11 heteroatoms. The van der Waals surface area contributed by atoms with Gasteiger partial charge in [0.25, 0.3) is 0 Å². The van der Waals surface area contributed by atoms with Crippen molar-refractivity contribution in [1.29, 1.82) is 0 Å². The van der Waals surface area contributed by atoms with Crippen molar-refractivity contribution in [3.8, 4) is 34.5 Å². The third-order valence-electron chi connectivity index (χ3n) is 13.0. The molecule has 0 aliphatic carbocycles. The predicted molar refractivity (Wildman–Crippen MR) is 257 cm³/mol. The van der Waals surface area contributed by atoms with Gasteiger partial charge >= 0.3 is 11.9 Å². The maximum absolute atomic E-state index is 12.5. The minimum Gasteiger partial charge on any atom is -0.497 e. The molecule has 0 heterocycles. The summed E-state index contributed by atoms with van der Waals surface area (Å²) in [5.41, 5.74) is 0.979. The fourth-order valence-electron chi connectivity index (χ4n) is 7.67. The molecule has 0 radical (unpaired) electrons. The lowest BCUT2D eigenvalue weighted by molar-refractivity contribution is 0.0725. The van der Waals surface area contributed by atoms with Gasteiger partial charge in [-0.2, -0.15) is 0 Å². The first kappa shape index (κ1) is 49.3. The summed E-state index contributed by atoms with van der Waals surface area (Å²) in [4.78, 5) is 25.0. The van der Waals surface area contributed by atoms with Crippen LogP contribution in [0.1, 0.15) is 97.8 Å². The SMILES string of the molecule is COc1ccc(OC(=O)c2ccc(OCCCCCCCC[Si](C)(C)[Si](C)(C)[Si](C)(C)CCCCCCCCOc3ccc(C(=O)Oc4ccc(OC)cc4)cc3)cc2)cc1. The summed E-state index contributed by atoms with van der Waals surface area (Å²) >= 11 is 0. The molecule has 0 aliphatic rings. The number of hydrogen-bond donors (Lipinski definition) is 0. The molecule has 0 aromatic heterocycles. The van der Waals surface area contributed by atoms with Crippen molar-refractivity contribution < 1.29 is 38.0 Å². The molecule has 0 atom stereocenters. The van der Waals surface area contributed by atoms with Gasteiger partial charge in [0, 0.05) is 22.3 Å². The van der Waals surface area contributed by atoms with Crippen LogP contribution in [-0.4, -0.2) is 61.7 Å². The van der Waals surface area contributed by atoms with Crippen LogP contribution in [0.2, 0.25) is 51.4 Å².